The lowest BCUT2D eigenvalue weighted by Crippen LogP contribution is -2.16. The Morgan fingerprint density at radius 2 is 2.00 bits per heavy atom. The van der Waals surface area contributed by atoms with Crippen LogP contribution in [0.2, 0.25) is 0 Å². The zero-order chi connectivity index (χ0) is 8.10. The molecule has 1 aromatic rings. The van der Waals surface area contributed by atoms with E-state index in [-0.39, 0.29) is 0 Å². The minimum Gasteiger partial charge on any atom is -0.465 e. The van der Waals surface area contributed by atoms with Gasteiger partial charge >= 0.3 is 0 Å². The second-order valence-electron chi connectivity index (χ2n) is 2.45. The summed E-state index contributed by atoms with van der Waals surface area (Å²) in [5.41, 5.74) is 6.65. The molecule has 0 unspecified atom stereocenters. The highest BCUT2D eigenvalue weighted by atomic mass is 28.3. The van der Waals surface area contributed by atoms with E-state index in [0.717, 1.165) is 10.5 Å². The van der Waals surface area contributed by atoms with Gasteiger partial charge in [0, 0.05) is 6.54 Å². The largest absolute Gasteiger partial charge is 0.465 e. The molecular formula is C7H13NOSi2. The van der Waals surface area contributed by atoms with Crippen LogP contribution in [0.4, 0.5) is 0 Å². The highest BCUT2D eigenvalue weighted by molar-refractivity contribution is 6.50. The Morgan fingerprint density at radius 3 is 2.45 bits per heavy atom. The quantitative estimate of drug-likeness (QED) is 0.559. The van der Waals surface area contributed by atoms with Crippen molar-refractivity contribution < 1.29 is 4.12 Å². The fourth-order valence-electron chi connectivity index (χ4n) is 0.938. The van der Waals surface area contributed by atoms with Crippen LogP contribution in [0.5, 0.6) is 0 Å². The maximum atomic E-state index is 5.46. The van der Waals surface area contributed by atoms with Crippen molar-refractivity contribution in [2.75, 3.05) is 0 Å². The molecule has 0 heterocycles. The number of rotatable bonds is 3. The van der Waals surface area contributed by atoms with Crippen LogP contribution in [0, 0.1) is 0 Å². The van der Waals surface area contributed by atoms with Crippen LogP contribution in [-0.2, 0) is 10.7 Å². The number of nitrogens with two attached hydrogens (primary N) is 1. The Morgan fingerprint density at radius 1 is 1.36 bits per heavy atom. The first-order valence-electron chi connectivity index (χ1n) is 3.63. The Labute approximate surface area is 72.2 Å². The first kappa shape index (κ1) is 8.67. The minimum absolute atomic E-state index is 0.404. The average Bonchev–Trinajstić information content (AvgIpc) is 2.07. The van der Waals surface area contributed by atoms with E-state index in [1.807, 2.05) is 0 Å². The second-order valence-corrected chi connectivity index (χ2v) is 5.87. The van der Waals surface area contributed by atoms with Crippen LogP contribution in [0.3, 0.4) is 0 Å². The molecule has 0 saturated carbocycles. The van der Waals surface area contributed by atoms with Gasteiger partial charge in [-0.15, -0.1) is 0 Å². The van der Waals surface area contributed by atoms with Gasteiger partial charge in [-0.3, -0.25) is 0 Å². The summed E-state index contributed by atoms with van der Waals surface area (Å²) in [6.07, 6.45) is 0. The van der Waals surface area contributed by atoms with Crippen molar-refractivity contribution in [1.82, 2.24) is 0 Å². The van der Waals surface area contributed by atoms with Crippen molar-refractivity contribution in [1.29, 1.82) is 0 Å². The third-order valence-electron chi connectivity index (χ3n) is 1.57. The van der Waals surface area contributed by atoms with Crippen LogP contribution in [0.25, 0.3) is 0 Å². The molecule has 0 bridgehead atoms. The van der Waals surface area contributed by atoms with E-state index in [4.69, 9.17) is 9.85 Å². The van der Waals surface area contributed by atoms with Gasteiger partial charge < -0.3 is 9.85 Å². The summed E-state index contributed by atoms with van der Waals surface area (Å²) in [5.74, 6) is 0. The summed E-state index contributed by atoms with van der Waals surface area (Å²) >= 11 is 0. The molecule has 2 N–H and O–H groups in total. The van der Waals surface area contributed by atoms with Gasteiger partial charge in [-0.1, -0.05) is 24.3 Å². The van der Waals surface area contributed by atoms with Crippen molar-refractivity contribution in [3.63, 3.8) is 0 Å². The molecule has 0 amide bonds. The van der Waals surface area contributed by atoms with E-state index in [1.54, 1.807) is 0 Å². The van der Waals surface area contributed by atoms with Crippen LogP contribution in [-0.4, -0.2) is 20.2 Å². The molecule has 4 heteroatoms. The molecular weight excluding hydrogens is 170 g/mol. The topological polar surface area (TPSA) is 35.2 Å². The smallest absolute Gasteiger partial charge is 0.178 e. The van der Waals surface area contributed by atoms with Gasteiger partial charge in [-0.25, -0.2) is 0 Å². The first-order valence-corrected chi connectivity index (χ1v) is 5.73. The van der Waals surface area contributed by atoms with E-state index in [0.29, 0.717) is 6.54 Å². The number of benzene rings is 1. The molecule has 0 saturated heterocycles. The van der Waals surface area contributed by atoms with Gasteiger partial charge in [0.2, 0.25) is 0 Å². The van der Waals surface area contributed by atoms with E-state index in [1.165, 1.54) is 10.8 Å². The Bertz CT molecular complexity index is 212. The zero-order valence-corrected chi connectivity index (χ0v) is 10.1. The van der Waals surface area contributed by atoms with Crippen molar-refractivity contribution in [2.45, 2.75) is 6.54 Å². The molecule has 1 rings (SSSR count). The fourth-order valence-corrected chi connectivity index (χ4v) is 2.70. The minimum atomic E-state index is -0.404. The molecule has 11 heavy (non-hydrogen) atoms. The molecule has 0 fully saturated rings. The van der Waals surface area contributed by atoms with E-state index in [2.05, 4.69) is 24.3 Å². The van der Waals surface area contributed by atoms with Gasteiger partial charge in [0.05, 0.1) is 0 Å². The molecule has 0 spiro atoms. The molecule has 0 radical (unpaired) electrons. The highest BCUT2D eigenvalue weighted by Crippen LogP contribution is 1.93. The lowest BCUT2D eigenvalue weighted by molar-refractivity contribution is 0.676. The number of hydrogen-bond acceptors (Lipinski definition) is 2. The Kier molecular flexibility index (Phi) is 3.51. The Hall–Kier alpha value is -0.426. The third-order valence-corrected chi connectivity index (χ3v) is 3.53. The average molecular weight is 183 g/mol. The molecule has 1 aromatic carbocycles. The number of hydrogen-bond donors (Lipinski definition) is 1. The van der Waals surface area contributed by atoms with E-state index >= 15 is 0 Å². The summed E-state index contributed by atoms with van der Waals surface area (Å²) in [6, 6.07) is 8.38. The van der Waals surface area contributed by atoms with Crippen LogP contribution < -0.4 is 10.9 Å². The van der Waals surface area contributed by atoms with Crippen LogP contribution in [0.1, 0.15) is 5.56 Å². The molecule has 0 aliphatic carbocycles. The summed E-state index contributed by atoms with van der Waals surface area (Å²) in [4.78, 5) is 0. The van der Waals surface area contributed by atoms with Crippen LogP contribution >= 0.6 is 0 Å². The molecule has 0 aromatic heterocycles. The predicted molar refractivity (Wildman–Crippen MR) is 53.5 cm³/mol. The Balaban J connectivity index is 2.66. The monoisotopic (exact) mass is 183 g/mol. The van der Waals surface area contributed by atoms with Crippen molar-refractivity contribution in [3.8, 4) is 0 Å². The van der Waals surface area contributed by atoms with E-state index < -0.39 is 9.76 Å². The first-order chi connectivity index (χ1) is 5.36. The summed E-state index contributed by atoms with van der Waals surface area (Å²) in [7, 11) is 0.456. The van der Waals surface area contributed by atoms with Gasteiger partial charge in [-0.2, -0.15) is 0 Å². The molecule has 0 aliphatic rings. The fraction of sp³-hybridized carbons (Fsp3) is 0.143. The van der Waals surface area contributed by atoms with Gasteiger partial charge in [0.25, 0.3) is 0 Å². The summed E-state index contributed by atoms with van der Waals surface area (Å²) in [6.45, 7) is 0.629. The normalized spacial score (nSPS) is 11.4. The summed E-state index contributed by atoms with van der Waals surface area (Å²) in [5, 5.41) is 1.36. The van der Waals surface area contributed by atoms with Gasteiger partial charge in [0.15, 0.2) is 9.76 Å². The van der Waals surface area contributed by atoms with Gasteiger partial charge in [-0.05, 0) is 10.8 Å². The van der Waals surface area contributed by atoms with Crippen molar-refractivity contribution >= 4 is 25.4 Å². The molecule has 0 atom stereocenters. The molecule has 60 valence electrons. The summed E-state index contributed by atoms with van der Waals surface area (Å²) < 4.78 is 5.25. The van der Waals surface area contributed by atoms with Crippen molar-refractivity contribution in [2.24, 2.45) is 5.73 Å². The second kappa shape index (κ2) is 4.45. The SMILES string of the molecule is NCc1ccc([SiH2]O[SiH3])cc1. The maximum Gasteiger partial charge on any atom is 0.178 e. The predicted octanol–water partition coefficient (Wildman–Crippen LogP) is -1.85. The lowest BCUT2D eigenvalue weighted by atomic mass is 10.2. The highest BCUT2D eigenvalue weighted by Gasteiger charge is 1.91. The lowest BCUT2D eigenvalue weighted by Gasteiger charge is -1.99. The molecule has 0 aliphatic heterocycles. The van der Waals surface area contributed by atoms with Gasteiger partial charge in [0.1, 0.15) is 10.5 Å². The third kappa shape index (κ3) is 2.59. The zero-order valence-electron chi connectivity index (χ0n) is 6.71. The van der Waals surface area contributed by atoms with E-state index in [9.17, 15) is 0 Å². The van der Waals surface area contributed by atoms with Crippen LogP contribution in [0.15, 0.2) is 24.3 Å². The van der Waals surface area contributed by atoms with Crippen molar-refractivity contribution in [3.05, 3.63) is 29.8 Å². The molecule has 2 nitrogen and oxygen atoms in total. The maximum absolute atomic E-state index is 5.46. The standard InChI is InChI=1S/C7H13NOSi2/c8-5-6-1-3-7(4-2-6)11-9-10/h1-4H,5,8,11H2,10H3.